The van der Waals surface area contributed by atoms with Crippen LogP contribution in [0.25, 0.3) is 0 Å². The van der Waals surface area contributed by atoms with Gasteiger partial charge in [0.25, 0.3) is 0 Å². The van der Waals surface area contributed by atoms with Gasteiger partial charge >= 0.3 is 5.97 Å². The molecule has 0 radical (unpaired) electrons. The van der Waals surface area contributed by atoms with E-state index in [-0.39, 0.29) is 5.92 Å². The third-order valence-corrected chi connectivity index (χ3v) is 2.76. The first kappa shape index (κ1) is 12.6. The first-order chi connectivity index (χ1) is 7.54. The second-order valence-corrected chi connectivity index (χ2v) is 4.08. The van der Waals surface area contributed by atoms with Crippen LogP contribution in [0.4, 0.5) is 0 Å². The molecule has 0 saturated heterocycles. The first-order valence-electron chi connectivity index (χ1n) is 5.41. The number of aryl methyl sites for hydroxylation is 2. The molecule has 0 aromatic heterocycles. The summed E-state index contributed by atoms with van der Waals surface area (Å²) in [6.45, 7) is 3.72. The molecule has 0 aliphatic carbocycles. The van der Waals surface area contributed by atoms with E-state index in [2.05, 4.69) is 0 Å². The van der Waals surface area contributed by atoms with Crippen LogP contribution in [-0.2, 0) is 11.2 Å². The van der Waals surface area contributed by atoms with E-state index in [4.69, 9.17) is 9.84 Å². The van der Waals surface area contributed by atoms with E-state index >= 15 is 0 Å². The molecule has 0 saturated carbocycles. The SMILES string of the molecule is COc1cc(CCC(C)C(=O)O)ccc1C. The Morgan fingerprint density at radius 2 is 2.19 bits per heavy atom. The van der Waals surface area contributed by atoms with Crippen molar-refractivity contribution in [2.45, 2.75) is 26.7 Å². The number of ether oxygens (including phenoxy) is 1. The minimum atomic E-state index is -0.737. The largest absolute Gasteiger partial charge is 0.496 e. The Morgan fingerprint density at radius 3 is 2.75 bits per heavy atom. The number of methoxy groups -OCH3 is 1. The van der Waals surface area contributed by atoms with Crippen LogP contribution in [0.2, 0.25) is 0 Å². The molecular weight excluding hydrogens is 204 g/mol. The molecule has 1 aromatic carbocycles. The molecule has 0 heterocycles. The summed E-state index contributed by atoms with van der Waals surface area (Å²) in [7, 11) is 1.64. The minimum Gasteiger partial charge on any atom is -0.496 e. The van der Waals surface area contributed by atoms with Crippen molar-refractivity contribution in [3.8, 4) is 5.75 Å². The molecule has 0 bridgehead atoms. The van der Waals surface area contributed by atoms with Crippen molar-refractivity contribution in [2.75, 3.05) is 7.11 Å². The smallest absolute Gasteiger partial charge is 0.306 e. The van der Waals surface area contributed by atoms with Crippen LogP contribution < -0.4 is 4.74 Å². The molecule has 16 heavy (non-hydrogen) atoms. The zero-order valence-electron chi connectivity index (χ0n) is 9.99. The van der Waals surface area contributed by atoms with E-state index in [1.165, 1.54) is 0 Å². The molecule has 0 aliphatic heterocycles. The predicted molar refractivity (Wildman–Crippen MR) is 62.9 cm³/mol. The fourth-order valence-corrected chi connectivity index (χ4v) is 1.53. The van der Waals surface area contributed by atoms with E-state index < -0.39 is 5.97 Å². The standard InChI is InChI=1S/C13H18O3/c1-9-4-6-11(8-12(9)16-3)7-5-10(2)13(14)15/h4,6,8,10H,5,7H2,1-3H3,(H,14,15). The summed E-state index contributed by atoms with van der Waals surface area (Å²) in [5, 5.41) is 8.78. The highest BCUT2D eigenvalue weighted by Crippen LogP contribution is 2.20. The summed E-state index contributed by atoms with van der Waals surface area (Å²) in [6.07, 6.45) is 1.42. The van der Waals surface area contributed by atoms with Gasteiger partial charge in [0.15, 0.2) is 0 Å². The van der Waals surface area contributed by atoms with Crippen LogP contribution in [0, 0.1) is 12.8 Å². The van der Waals surface area contributed by atoms with Gasteiger partial charge in [-0.15, -0.1) is 0 Å². The Morgan fingerprint density at radius 1 is 1.50 bits per heavy atom. The predicted octanol–water partition coefficient (Wildman–Crippen LogP) is 2.66. The summed E-state index contributed by atoms with van der Waals surface area (Å²) < 4.78 is 5.22. The second kappa shape index (κ2) is 5.54. The Bertz CT molecular complexity index is 371. The molecule has 1 N–H and O–H groups in total. The van der Waals surface area contributed by atoms with Crippen molar-refractivity contribution >= 4 is 5.97 Å². The summed E-state index contributed by atoms with van der Waals surface area (Å²) in [5.74, 6) is -0.174. The number of rotatable bonds is 5. The summed E-state index contributed by atoms with van der Waals surface area (Å²) >= 11 is 0. The zero-order chi connectivity index (χ0) is 12.1. The minimum absolute atomic E-state index is 0.299. The summed E-state index contributed by atoms with van der Waals surface area (Å²) in [5.41, 5.74) is 2.22. The van der Waals surface area contributed by atoms with E-state index in [1.54, 1.807) is 14.0 Å². The molecule has 88 valence electrons. The van der Waals surface area contributed by atoms with Crippen LogP contribution in [0.15, 0.2) is 18.2 Å². The lowest BCUT2D eigenvalue weighted by molar-refractivity contribution is -0.141. The van der Waals surface area contributed by atoms with Crippen molar-refractivity contribution < 1.29 is 14.6 Å². The Balaban J connectivity index is 2.64. The molecule has 1 unspecified atom stereocenters. The fourth-order valence-electron chi connectivity index (χ4n) is 1.53. The van der Waals surface area contributed by atoms with Gasteiger partial charge in [-0.05, 0) is 37.0 Å². The zero-order valence-corrected chi connectivity index (χ0v) is 9.99. The summed E-state index contributed by atoms with van der Waals surface area (Å²) in [4.78, 5) is 10.7. The van der Waals surface area contributed by atoms with Crippen molar-refractivity contribution in [1.82, 2.24) is 0 Å². The fraction of sp³-hybridized carbons (Fsp3) is 0.462. The number of carboxylic acid groups (broad SMARTS) is 1. The highest BCUT2D eigenvalue weighted by Gasteiger charge is 2.10. The number of carboxylic acids is 1. The monoisotopic (exact) mass is 222 g/mol. The topological polar surface area (TPSA) is 46.5 Å². The molecule has 1 rings (SSSR count). The molecule has 1 atom stereocenters. The maximum absolute atomic E-state index is 10.7. The van der Waals surface area contributed by atoms with Crippen LogP contribution in [0.3, 0.4) is 0 Å². The lowest BCUT2D eigenvalue weighted by atomic mass is 10.0. The van der Waals surface area contributed by atoms with Gasteiger partial charge in [0, 0.05) is 0 Å². The number of benzene rings is 1. The van der Waals surface area contributed by atoms with Crippen LogP contribution in [0.1, 0.15) is 24.5 Å². The van der Waals surface area contributed by atoms with Gasteiger partial charge in [-0.2, -0.15) is 0 Å². The highest BCUT2D eigenvalue weighted by molar-refractivity contribution is 5.69. The highest BCUT2D eigenvalue weighted by atomic mass is 16.5. The molecule has 1 aromatic rings. The average molecular weight is 222 g/mol. The quantitative estimate of drug-likeness (QED) is 0.833. The van der Waals surface area contributed by atoms with Gasteiger partial charge in [-0.3, -0.25) is 4.79 Å². The maximum atomic E-state index is 10.7. The van der Waals surface area contributed by atoms with Gasteiger partial charge < -0.3 is 9.84 Å². The van der Waals surface area contributed by atoms with Gasteiger partial charge in [0.1, 0.15) is 5.75 Å². The van der Waals surface area contributed by atoms with Crippen molar-refractivity contribution in [3.63, 3.8) is 0 Å². The van der Waals surface area contributed by atoms with Crippen LogP contribution in [0.5, 0.6) is 5.75 Å². The van der Waals surface area contributed by atoms with E-state index in [0.29, 0.717) is 6.42 Å². The summed E-state index contributed by atoms with van der Waals surface area (Å²) in [6, 6.07) is 6.00. The number of carbonyl (C=O) groups is 1. The van der Waals surface area contributed by atoms with E-state index in [0.717, 1.165) is 23.3 Å². The van der Waals surface area contributed by atoms with Crippen molar-refractivity contribution in [3.05, 3.63) is 29.3 Å². The van der Waals surface area contributed by atoms with Gasteiger partial charge in [-0.1, -0.05) is 19.1 Å². The van der Waals surface area contributed by atoms with Crippen molar-refractivity contribution in [1.29, 1.82) is 0 Å². The van der Waals surface area contributed by atoms with Crippen LogP contribution in [-0.4, -0.2) is 18.2 Å². The molecule has 3 nitrogen and oxygen atoms in total. The molecule has 0 spiro atoms. The normalized spacial score (nSPS) is 12.2. The molecule has 0 aliphatic rings. The van der Waals surface area contributed by atoms with Gasteiger partial charge in [0.2, 0.25) is 0 Å². The van der Waals surface area contributed by atoms with Gasteiger partial charge in [0.05, 0.1) is 13.0 Å². The lowest BCUT2D eigenvalue weighted by Gasteiger charge is -2.09. The molecular formula is C13H18O3. The first-order valence-corrected chi connectivity index (χ1v) is 5.41. The van der Waals surface area contributed by atoms with Crippen molar-refractivity contribution in [2.24, 2.45) is 5.92 Å². The second-order valence-electron chi connectivity index (χ2n) is 4.08. The average Bonchev–Trinajstić information content (AvgIpc) is 2.27. The third kappa shape index (κ3) is 3.26. The number of hydrogen-bond acceptors (Lipinski definition) is 2. The molecule has 3 heteroatoms. The Kier molecular flexibility index (Phi) is 4.35. The van der Waals surface area contributed by atoms with Crippen LogP contribution >= 0.6 is 0 Å². The number of hydrogen-bond donors (Lipinski definition) is 1. The van der Waals surface area contributed by atoms with E-state index in [1.807, 2.05) is 25.1 Å². The Labute approximate surface area is 96.1 Å². The maximum Gasteiger partial charge on any atom is 0.306 e. The number of aliphatic carboxylic acids is 1. The third-order valence-electron chi connectivity index (χ3n) is 2.76. The Hall–Kier alpha value is -1.51. The molecule has 0 fully saturated rings. The van der Waals surface area contributed by atoms with Gasteiger partial charge in [-0.25, -0.2) is 0 Å². The van der Waals surface area contributed by atoms with E-state index in [9.17, 15) is 4.79 Å². The lowest BCUT2D eigenvalue weighted by Crippen LogP contribution is -2.10. The molecule has 0 amide bonds.